The molecule has 0 bridgehead atoms. The Kier molecular flexibility index (Phi) is 4.97. The molecule has 2 amide bonds. The van der Waals surface area contributed by atoms with Gasteiger partial charge in [0.15, 0.2) is 0 Å². The molecule has 0 aromatic heterocycles. The van der Waals surface area contributed by atoms with Crippen molar-refractivity contribution in [1.29, 1.82) is 0 Å². The first-order valence-corrected chi connectivity index (χ1v) is 10.4. The lowest BCUT2D eigenvalue weighted by Gasteiger charge is -2.38. The molecule has 0 unspecified atom stereocenters. The summed E-state index contributed by atoms with van der Waals surface area (Å²) in [7, 11) is 4.04. The molecule has 1 spiro atoms. The Hall–Kier alpha value is -1.88. The number of benzene rings is 1. The molecule has 0 aliphatic carbocycles. The van der Waals surface area contributed by atoms with Gasteiger partial charge in [-0.2, -0.15) is 0 Å². The van der Waals surface area contributed by atoms with Crippen molar-refractivity contribution >= 4 is 17.5 Å². The third-order valence-corrected chi connectivity index (χ3v) is 6.95. The van der Waals surface area contributed by atoms with Gasteiger partial charge in [-0.15, -0.1) is 0 Å². The maximum atomic E-state index is 13.0. The minimum Gasteiger partial charge on any atom is -0.343 e. The number of para-hydroxylation sites is 1. The van der Waals surface area contributed by atoms with Gasteiger partial charge in [0.2, 0.25) is 11.8 Å². The summed E-state index contributed by atoms with van der Waals surface area (Å²) < 4.78 is 0. The molecular formula is C22H31N3O2. The van der Waals surface area contributed by atoms with Crippen LogP contribution in [0, 0.1) is 5.92 Å². The van der Waals surface area contributed by atoms with Crippen molar-refractivity contribution in [2.75, 3.05) is 45.2 Å². The zero-order valence-electron chi connectivity index (χ0n) is 16.6. The summed E-state index contributed by atoms with van der Waals surface area (Å²) in [4.78, 5) is 31.9. The fourth-order valence-corrected chi connectivity index (χ4v) is 5.33. The molecule has 2 fully saturated rings. The number of likely N-dealkylation sites (N-methyl/N-ethyl adjacent to an activating group) is 1. The van der Waals surface area contributed by atoms with E-state index in [1.165, 1.54) is 19.4 Å². The molecule has 3 heterocycles. The molecule has 1 atom stereocenters. The van der Waals surface area contributed by atoms with Gasteiger partial charge in [-0.05, 0) is 63.2 Å². The predicted molar refractivity (Wildman–Crippen MR) is 107 cm³/mol. The Labute approximate surface area is 162 Å². The van der Waals surface area contributed by atoms with Crippen LogP contribution < -0.4 is 4.90 Å². The summed E-state index contributed by atoms with van der Waals surface area (Å²) in [6, 6.07) is 8.13. The zero-order chi connectivity index (χ0) is 19.0. The number of rotatable bonds is 3. The van der Waals surface area contributed by atoms with E-state index in [1.807, 2.05) is 30.1 Å². The molecule has 1 aromatic rings. The number of likely N-dealkylation sites (tertiary alicyclic amines) is 2. The first-order valence-electron chi connectivity index (χ1n) is 10.4. The third kappa shape index (κ3) is 3.27. The van der Waals surface area contributed by atoms with E-state index in [0.717, 1.165) is 37.1 Å². The zero-order valence-corrected chi connectivity index (χ0v) is 16.6. The highest BCUT2D eigenvalue weighted by atomic mass is 16.2. The molecule has 4 rings (SSSR count). The van der Waals surface area contributed by atoms with Gasteiger partial charge in [0.1, 0.15) is 0 Å². The van der Waals surface area contributed by atoms with Crippen LogP contribution in [0.5, 0.6) is 0 Å². The van der Waals surface area contributed by atoms with E-state index in [0.29, 0.717) is 25.4 Å². The Morgan fingerprint density at radius 3 is 2.63 bits per heavy atom. The van der Waals surface area contributed by atoms with Gasteiger partial charge in [0.25, 0.3) is 0 Å². The fourth-order valence-electron chi connectivity index (χ4n) is 5.33. The number of anilines is 1. The summed E-state index contributed by atoms with van der Waals surface area (Å²) in [5, 5.41) is 0. The molecule has 5 heteroatoms. The Bertz CT molecular complexity index is 724. The molecule has 3 aliphatic heterocycles. The van der Waals surface area contributed by atoms with Crippen molar-refractivity contribution in [2.24, 2.45) is 5.92 Å². The Morgan fingerprint density at radius 2 is 1.89 bits per heavy atom. The van der Waals surface area contributed by atoms with E-state index >= 15 is 0 Å². The Balaban J connectivity index is 1.36. The van der Waals surface area contributed by atoms with Gasteiger partial charge in [-0.25, -0.2) is 0 Å². The average Bonchev–Trinajstić information content (AvgIpc) is 2.89. The second kappa shape index (κ2) is 7.27. The van der Waals surface area contributed by atoms with E-state index in [9.17, 15) is 9.59 Å². The molecule has 1 aromatic carbocycles. The van der Waals surface area contributed by atoms with Crippen LogP contribution in [0.25, 0.3) is 0 Å². The molecular weight excluding hydrogens is 338 g/mol. The predicted octanol–water partition coefficient (Wildman–Crippen LogP) is 2.65. The average molecular weight is 370 g/mol. The van der Waals surface area contributed by atoms with Gasteiger partial charge < -0.3 is 14.7 Å². The third-order valence-electron chi connectivity index (χ3n) is 6.95. The summed E-state index contributed by atoms with van der Waals surface area (Å²) in [6.45, 7) is 3.69. The van der Waals surface area contributed by atoms with Gasteiger partial charge in [0.05, 0.1) is 5.41 Å². The number of hydrogen-bond acceptors (Lipinski definition) is 3. The lowest BCUT2D eigenvalue weighted by molar-refractivity contribution is -0.135. The highest BCUT2D eigenvalue weighted by Crippen LogP contribution is 2.47. The van der Waals surface area contributed by atoms with Crippen molar-refractivity contribution in [3.8, 4) is 0 Å². The fraction of sp³-hybridized carbons (Fsp3) is 0.636. The van der Waals surface area contributed by atoms with Crippen LogP contribution in [0.15, 0.2) is 24.3 Å². The molecule has 27 heavy (non-hydrogen) atoms. The van der Waals surface area contributed by atoms with E-state index in [-0.39, 0.29) is 11.8 Å². The quantitative estimate of drug-likeness (QED) is 0.823. The maximum Gasteiger partial charge on any atom is 0.237 e. The maximum absolute atomic E-state index is 13.0. The summed E-state index contributed by atoms with van der Waals surface area (Å²) in [5.41, 5.74) is 1.76. The van der Waals surface area contributed by atoms with Crippen LogP contribution in [-0.2, 0) is 15.0 Å². The first kappa shape index (κ1) is 18.5. The van der Waals surface area contributed by atoms with E-state index < -0.39 is 5.41 Å². The van der Waals surface area contributed by atoms with Crippen molar-refractivity contribution < 1.29 is 9.59 Å². The van der Waals surface area contributed by atoms with Gasteiger partial charge in [-0.1, -0.05) is 18.2 Å². The van der Waals surface area contributed by atoms with Crippen LogP contribution in [-0.4, -0.2) is 61.9 Å². The van der Waals surface area contributed by atoms with Crippen molar-refractivity contribution in [2.45, 2.75) is 43.9 Å². The number of piperidine rings is 2. The second-order valence-electron chi connectivity index (χ2n) is 8.65. The first-order chi connectivity index (χ1) is 13.0. The van der Waals surface area contributed by atoms with E-state index in [1.54, 1.807) is 4.90 Å². The largest absolute Gasteiger partial charge is 0.343 e. The van der Waals surface area contributed by atoms with E-state index in [4.69, 9.17) is 0 Å². The smallest absolute Gasteiger partial charge is 0.237 e. The standard InChI is InChI=1S/C22H31N3O2/c1-23-13-5-6-17(16-23)9-10-20(26)25-14-11-22(12-15-25)18-7-3-4-8-19(18)24(2)21(22)27/h3-4,7-8,17H,5-6,9-16H2,1-2H3/t17-/m1/s1. The van der Waals surface area contributed by atoms with Crippen molar-refractivity contribution in [1.82, 2.24) is 9.80 Å². The molecule has 0 saturated carbocycles. The van der Waals surface area contributed by atoms with Gasteiger partial charge in [0, 0.05) is 38.8 Å². The second-order valence-corrected chi connectivity index (χ2v) is 8.65. The van der Waals surface area contributed by atoms with E-state index in [2.05, 4.69) is 18.0 Å². The lowest BCUT2D eigenvalue weighted by Crippen LogP contribution is -2.49. The number of hydrogen-bond donors (Lipinski definition) is 0. The molecule has 0 radical (unpaired) electrons. The molecule has 0 N–H and O–H groups in total. The SMILES string of the molecule is CN1CCC[C@H](CCC(=O)N2CCC3(CC2)C(=O)N(C)c2ccccc23)C1. The molecule has 3 aliphatic rings. The Morgan fingerprint density at radius 1 is 1.15 bits per heavy atom. The highest BCUT2D eigenvalue weighted by Gasteiger charge is 2.51. The summed E-state index contributed by atoms with van der Waals surface area (Å²) in [5.74, 6) is 1.12. The van der Waals surface area contributed by atoms with Gasteiger partial charge >= 0.3 is 0 Å². The van der Waals surface area contributed by atoms with Crippen molar-refractivity contribution in [3.63, 3.8) is 0 Å². The number of amides is 2. The van der Waals surface area contributed by atoms with Crippen LogP contribution in [0.4, 0.5) is 5.69 Å². The minimum absolute atomic E-state index is 0.195. The topological polar surface area (TPSA) is 43.9 Å². The molecule has 5 nitrogen and oxygen atoms in total. The monoisotopic (exact) mass is 369 g/mol. The van der Waals surface area contributed by atoms with Crippen LogP contribution >= 0.6 is 0 Å². The summed E-state index contributed by atoms with van der Waals surface area (Å²) in [6.07, 6.45) is 5.62. The lowest BCUT2D eigenvalue weighted by atomic mass is 9.73. The van der Waals surface area contributed by atoms with Crippen LogP contribution in [0.1, 0.15) is 44.1 Å². The van der Waals surface area contributed by atoms with Gasteiger partial charge in [-0.3, -0.25) is 9.59 Å². The normalized spacial score (nSPS) is 25.1. The number of nitrogens with zero attached hydrogens (tertiary/aromatic N) is 3. The molecule has 2 saturated heterocycles. The number of carbonyl (C=O) groups excluding carboxylic acids is 2. The van der Waals surface area contributed by atoms with Crippen LogP contribution in [0.2, 0.25) is 0 Å². The minimum atomic E-state index is -0.422. The van der Waals surface area contributed by atoms with Crippen LogP contribution in [0.3, 0.4) is 0 Å². The van der Waals surface area contributed by atoms with Crippen molar-refractivity contribution in [3.05, 3.63) is 29.8 Å². The number of fused-ring (bicyclic) bond motifs is 2. The molecule has 146 valence electrons. The summed E-state index contributed by atoms with van der Waals surface area (Å²) >= 11 is 0. The number of carbonyl (C=O) groups is 2. The highest BCUT2D eigenvalue weighted by molar-refractivity contribution is 6.07.